The first-order valence-corrected chi connectivity index (χ1v) is 11.3. The van der Waals surface area contributed by atoms with E-state index in [1.54, 1.807) is 24.3 Å². The molecule has 2 aliphatic rings. The van der Waals surface area contributed by atoms with Crippen molar-refractivity contribution in [2.45, 2.75) is 45.1 Å². The molecule has 1 heterocycles. The van der Waals surface area contributed by atoms with E-state index in [9.17, 15) is 9.59 Å². The Hall–Kier alpha value is -2.04. The Bertz CT molecular complexity index is 928. The van der Waals surface area contributed by atoms with E-state index in [-0.39, 0.29) is 17.4 Å². The Morgan fingerprint density at radius 3 is 2.20 bits per heavy atom. The van der Waals surface area contributed by atoms with Crippen LogP contribution < -0.4 is 0 Å². The summed E-state index contributed by atoms with van der Waals surface area (Å²) in [6.45, 7) is 1.18. The van der Waals surface area contributed by atoms with Crippen LogP contribution in [0.1, 0.15) is 54.4 Å². The number of carbonyl (C=O) groups excluding carboxylic acids is 1. The number of carbonyl (C=O) groups is 2. The number of hydrogen-bond acceptors (Lipinski definition) is 2. The molecule has 0 aromatic heterocycles. The van der Waals surface area contributed by atoms with Crippen molar-refractivity contribution in [2.75, 3.05) is 6.54 Å². The highest BCUT2D eigenvalue weighted by molar-refractivity contribution is 6.36. The molecule has 4 nitrogen and oxygen atoms in total. The number of halogens is 2. The predicted octanol–water partition coefficient (Wildman–Crippen LogP) is 6.29. The molecule has 4 rings (SSSR count). The van der Waals surface area contributed by atoms with Gasteiger partial charge in [-0.3, -0.25) is 4.79 Å². The zero-order chi connectivity index (χ0) is 21.3. The first kappa shape index (κ1) is 21.2. The quantitative estimate of drug-likeness (QED) is 0.588. The molecule has 2 fully saturated rings. The molecule has 1 aliphatic carbocycles. The van der Waals surface area contributed by atoms with Crippen LogP contribution in [0.5, 0.6) is 0 Å². The minimum absolute atomic E-state index is 0.148. The fourth-order valence-corrected chi connectivity index (χ4v) is 5.42. The average molecular weight is 446 g/mol. The van der Waals surface area contributed by atoms with Gasteiger partial charge in [-0.2, -0.15) is 0 Å². The maximum atomic E-state index is 13.0. The number of amides is 1. The Kier molecular flexibility index (Phi) is 6.35. The standard InChI is InChI=1S/C24H25Cl2NO3/c25-21-12-18(15-6-8-17(9-7-15)24(29)30)13-22(26)20(21)14-27-11-10-19(23(27)28)16-4-2-1-3-5-16/h6-9,12-13,16,19H,1-5,10-11,14H2,(H,29,30). The fourth-order valence-electron chi connectivity index (χ4n) is 4.81. The van der Waals surface area contributed by atoms with Gasteiger partial charge in [0, 0.05) is 34.6 Å². The lowest BCUT2D eigenvalue weighted by atomic mass is 9.79. The van der Waals surface area contributed by atoms with Crippen molar-refractivity contribution in [1.29, 1.82) is 0 Å². The van der Waals surface area contributed by atoms with Crippen LogP contribution in [0, 0.1) is 11.8 Å². The third-order valence-corrected chi connectivity index (χ3v) is 7.19. The Morgan fingerprint density at radius 2 is 1.60 bits per heavy atom. The summed E-state index contributed by atoms with van der Waals surface area (Å²) in [7, 11) is 0. The third kappa shape index (κ3) is 4.35. The molecule has 1 aliphatic heterocycles. The molecule has 1 saturated carbocycles. The van der Waals surface area contributed by atoms with Crippen molar-refractivity contribution in [3.8, 4) is 11.1 Å². The first-order valence-electron chi connectivity index (χ1n) is 10.5. The van der Waals surface area contributed by atoms with Crippen molar-refractivity contribution >= 4 is 35.1 Å². The number of benzene rings is 2. The van der Waals surface area contributed by atoms with Gasteiger partial charge in [-0.1, -0.05) is 54.6 Å². The molecule has 2 aromatic carbocycles. The van der Waals surface area contributed by atoms with Crippen molar-refractivity contribution in [1.82, 2.24) is 4.90 Å². The molecule has 1 unspecified atom stereocenters. The zero-order valence-corrected chi connectivity index (χ0v) is 18.3. The van der Waals surface area contributed by atoms with Gasteiger partial charge >= 0.3 is 5.97 Å². The Morgan fingerprint density at radius 1 is 0.967 bits per heavy atom. The summed E-state index contributed by atoms with van der Waals surface area (Å²) in [5.41, 5.74) is 2.65. The van der Waals surface area contributed by atoms with E-state index >= 15 is 0 Å². The molecule has 0 bridgehead atoms. The molecular formula is C24H25Cl2NO3. The molecule has 1 amide bonds. The van der Waals surface area contributed by atoms with E-state index in [1.807, 2.05) is 17.0 Å². The van der Waals surface area contributed by atoms with Crippen molar-refractivity contribution in [2.24, 2.45) is 11.8 Å². The third-order valence-electron chi connectivity index (χ3n) is 6.51. The second-order valence-corrected chi connectivity index (χ2v) is 9.17. The van der Waals surface area contributed by atoms with E-state index in [4.69, 9.17) is 28.3 Å². The number of nitrogens with zero attached hydrogens (tertiary/aromatic N) is 1. The van der Waals surface area contributed by atoms with Crippen molar-refractivity contribution in [3.63, 3.8) is 0 Å². The lowest BCUT2D eigenvalue weighted by molar-refractivity contribution is -0.133. The van der Waals surface area contributed by atoms with Gasteiger partial charge in [0.05, 0.1) is 5.56 Å². The van der Waals surface area contributed by atoms with Crippen LogP contribution in [0.25, 0.3) is 11.1 Å². The molecule has 1 atom stereocenters. The minimum atomic E-state index is -0.963. The highest BCUT2D eigenvalue weighted by Crippen LogP contribution is 2.38. The Balaban J connectivity index is 1.50. The van der Waals surface area contributed by atoms with E-state index in [0.717, 1.165) is 29.7 Å². The lowest BCUT2D eigenvalue weighted by Crippen LogP contribution is -2.30. The maximum Gasteiger partial charge on any atom is 0.335 e. The summed E-state index contributed by atoms with van der Waals surface area (Å²) < 4.78 is 0. The van der Waals surface area contributed by atoms with Crippen LogP contribution in [0.4, 0.5) is 0 Å². The summed E-state index contributed by atoms with van der Waals surface area (Å²) >= 11 is 13.1. The normalized spacial score (nSPS) is 20.0. The number of likely N-dealkylation sites (tertiary alicyclic amines) is 1. The number of aromatic carboxylic acids is 1. The van der Waals surface area contributed by atoms with Crippen LogP contribution in [0.15, 0.2) is 36.4 Å². The molecule has 2 aromatic rings. The average Bonchev–Trinajstić information content (AvgIpc) is 3.11. The van der Waals surface area contributed by atoms with Gasteiger partial charge in [0.2, 0.25) is 5.91 Å². The van der Waals surface area contributed by atoms with E-state index in [2.05, 4.69) is 0 Å². The molecule has 6 heteroatoms. The van der Waals surface area contributed by atoms with Gasteiger partial charge in [0.25, 0.3) is 0 Å². The van der Waals surface area contributed by atoms with Crippen LogP contribution in [0.2, 0.25) is 10.0 Å². The van der Waals surface area contributed by atoms with E-state index < -0.39 is 5.97 Å². The number of carboxylic acids is 1. The van der Waals surface area contributed by atoms with Gasteiger partial charge in [-0.15, -0.1) is 0 Å². The first-order chi connectivity index (χ1) is 14.4. The van der Waals surface area contributed by atoms with Crippen LogP contribution in [-0.2, 0) is 11.3 Å². The van der Waals surface area contributed by atoms with Gasteiger partial charge in [0.1, 0.15) is 0 Å². The number of rotatable bonds is 5. The van der Waals surface area contributed by atoms with E-state index in [0.29, 0.717) is 22.5 Å². The van der Waals surface area contributed by atoms with E-state index in [1.165, 1.54) is 32.1 Å². The molecule has 0 spiro atoms. The van der Waals surface area contributed by atoms with Gasteiger partial charge < -0.3 is 10.0 Å². The maximum absolute atomic E-state index is 13.0. The second-order valence-electron chi connectivity index (χ2n) is 8.35. The largest absolute Gasteiger partial charge is 0.478 e. The Labute approximate surface area is 186 Å². The lowest BCUT2D eigenvalue weighted by Gasteiger charge is -2.26. The molecule has 30 heavy (non-hydrogen) atoms. The topological polar surface area (TPSA) is 57.6 Å². The molecule has 0 radical (unpaired) electrons. The summed E-state index contributed by atoms with van der Waals surface area (Å²) in [4.78, 5) is 25.9. The van der Waals surface area contributed by atoms with Crippen molar-refractivity contribution in [3.05, 3.63) is 57.6 Å². The predicted molar refractivity (Wildman–Crippen MR) is 119 cm³/mol. The smallest absolute Gasteiger partial charge is 0.335 e. The van der Waals surface area contributed by atoms with Crippen LogP contribution >= 0.6 is 23.2 Å². The summed E-state index contributed by atoms with van der Waals surface area (Å²) in [5.74, 6) is -0.0506. The number of carboxylic acid groups (broad SMARTS) is 1. The second kappa shape index (κ2) is 8.99. The summed E-state index contributed by atoms with van der Waals surface area (Å²) in [5, 5.41) is 10.1. The molecule has 1 saturated heterocycles. The highest BCUT2D eigenvalue weighted by Gasteiger charge is 2.37. The highest BCUT2D eigenvalue weighted by atomic mass is 35.5. The molecular weight excluding hydrogens is 421 g/mol. The van der Waals surface area contributed by atoms with Gasteiger partial charge in [0.15, 0.2) is 0 Å². The fraction of sp³-hybridized carbons (Fsp3) is 0.417. The van der Waals surface area contributed by atoms with Gasteiger partial charge in [-0.25, -0.2) is 4.79 Å². The monoisotopic (exact) mass is 445 g/mol. The molecule has 1 N–H and O–H groups in total. The summed E-state index contributed by atoms with van der Waals surface area (Å²) in [6.07, 6.45) is 7.02. The molecule has 158 valence electrons. The zero-order valence-electron chi connectivity index (χ0n) is 16.7. The van der Waals surface area contributed by atoms with Crippen LogP contribution in [0.3, 0.4) is 0 Å². The summed E-state index contributed by atoms with van der Waals surface area (Å²) in [6, 6.07) is 10.3. The van der Waals surface area contributed by atoms with Gasteiger partial charge in [-0.05, 0) is 60.6 Å². The minimum Gasteiger partial charge on any atom is -0.478 e. The number of hydrogen-bond donors (Lipinski definition) is 1. The SMILES string of the molecule is O=C(O)c1ccc(-c2cc(Cl)c(CN3CCC(C4CCCCC4)C3=O)c(Cl)c2)cc1. The van der Waals surface area contributed by atoms with Crippen molar-refractivity contribution < 1.29 is 14.7 Å². The van der Waals surface area contributed by atoms with Crippen LogP contribution in [-0.4, -0.2) is 28.4 Å².